The van der Waals surface area contributed by atoms with Crippen LogP contribution in [0.1, 0.15) is 18.6 Å². The van der Waals surface area contributed by atoms with E-state index in [9.17, 15) is 0 Å². The highest BCUT2D eigenvalue weighted by atomic mass is 16.3. The Balaban J connectivity index is 2.61. The first-order valence-corrected chi connectivity index (χ1v) is 4.89. The van der Waals surface area contributed by atoms with E-state index in [1.54, 1.807) is 0 Å². The van der Waals surface area contributed by atoms with E-state index in [2.05, 4.69) is 15.4 Å². The van der Waals surface area contributed by atoms with Gasteiger partial charge in [0.25, 0.3) is 0 Å². The van der Waals surface area contributed by atoms with Gasteiger partial charge < -0.3 is 10.4 Å². The first-order chi connectivity index (χ1) is 6.67. The van der Waals surface area contributed by atoms with Crippen molar-refractivity contribution in [3.8, 4) is 0 Å². The summed E-state index contributed by atoms with van der Waals surface area (Å²) in [5.74, 6) is 1.66. The van der Waals surface area contributed by atoms with Crippen molar-refractivity contribution < 1.29 is 5.11 Å². The summed E-state index contributed by atoms with van der Waals surface area (Å²) < 4.78 is 1.82. The number of hydrogen-bond acceptors (Lipinski definition) is 4. The summed E-state index contributed by atoms with van der Waals surface area (Å²) in [7, 11) is 0. The number of aliphatic hydroxyl groups is 1. The summed E-state index contributed by atoms with van der Waals surface area (Å²) >= 11 is 0. The van der Waals surface area contributed by atoms with Crippen molar-refractivity contribution in [1.82, 2.24) is 20.1 Å². The van der Waals surface area contributed by atoms with Gasteiger partial charge in [0.05, 0.1) is 13.2 Å². The number of likely N-dealkylation sites (N-methyl/N-ethyl adjacent to an activating group) is 1. The van der Waals surface area contributed by atoms with Gasteiger partial charge in [-0.3, -0.25) is 0 Å². The van der Waals surface area contributed by atoms with Gasteiger partial charge in [0.2, 0.25) is 0 Å². The van der Waals surface area contributed by atoms with Crippen molar-refractivity contribution in [2.45, 2.75) is 33.4 Å². The number of rotatable bonds is 5. The minimum atomic E-state index is 0.0554. The maximum Gasteiger partial charge on any atom is 0.147 e. The molecule has 1 unspecified atom stereocenters. The lowest BCUT2D eigenvalue weighted by Gasteiger charge is -2.15. The molecule has 1 aromatic rings. The average molecular weight is 198 g/mol. The molecule has 0 aliphatic carbocycles. The third-order valence-corrected chi connectivity index (χ3v) is 2.07. The summed E-state index contributed by atoms with van der Waals surface area (Å²) in [6.45, 7) is 7.42. The number of hydrogen-bond donors (Lipinski definition) is 2. The molecular weight excluding hydrogens is 180 g/mol. The van der Waals surface area contributed by atoms with Gasteiger partial charge in [0, 0.05) is 6.04 Å². The van der Waals surface area contributed by atoms with Crippen LogP contribution in [-0.2, 0) is 6.54 Å². The second kappa shape index (κ2) is 5.07. The fraction of sp³-hybridized carbons (Fsp3) is 0.778. The van der Waals surface area contributed by atoms with Crippen molar-refractivity contribution in [2.24, 2.45) is 0 Å². The largest absolute Gasteiger partial charge is 0.395 e. The molecule has 5 nitrogen and oxygen atoms in total. The van der Waals surface area contributed by atoms with Crippen LogP contribution in [0.5, 0.6) is 0 Å². The van der Waals surface area contributed by atoms with Crippen molar-refractivity contribution >= 4 is 0 Å². The standard InChI is InChI=1S/C9H18N4O/c1-4-10-9(6-14)5-13-8(3)11-7(2)12-13/h9-10,14H,4-6H2,1-3H3. The number of aryl methyl sites for hydroxylation is 2. The third-order valence-electron chi connectivity index (χ3n) is 2.07. The molecule has 0 spiro atoms. The molecule has 0 fully saturated rings. The number of aromatic nitrogens is 3. The van der Waals surface area contributed by atoms with Gasteiger partial charge in [0.15, 0.2) is 0 Å². The van der Waals surface area contributed by atoms with Crippen LogP contribution in [0.25, 0.3) is 0 Å². The van der Waals surface area contributed by atoms with Crippen LogP contribution in [0, 0.1) is 13.8 Å². The molecule has 1 atom stereocenters. The molecular formula is C9H18N4O. The van der Waals surface area contributed by atoms with E-state index in [0.717, 1.165) is 18.2 Å². The van der Waals surface area contributed by atoms with E-state index >= 15 is 0 Å². The molecule has 14 heavy (non-hydrogen) atoms. The lowest BCUT2D eigenvalue weighted by atomic mass is 10.3. The van der Waals surface area contributed by atoms with E-state index in [-0.39, 0.29) is 12.6 Å². The molecule has 0 aliphatic heterocycles. The minimum absolute atomic E-state index is 0.0554. The summed E-state index contributed by atoms with van der Waals surface area (Å²) in [6, 6.07) is 0.0554. The maximum atomic E-state index is 9.09. The number of aliphatic hydroxyl groups excluding tert-OH is 1. The van der Waals surface area contributed by atoms with E-state index in [1.807, 2.05) is 25.5 Å². The molecule has 80 valence electrons. The Labute approximate surface area is 84.2 Å². The second-order valence-electron chi connectivity index (χ2n) is 3.33. The van der Waals surface area contributed by atoms with Gasteiger partial charge in [0.1, 0.15) is 11.6 Å². The predicted octanol–water partition coefficient (Wildman–Crippen LogP) is -0.135. The Bertz CT molecular complexity index is 284. The summed E-state index contributed by atoms with van der Waals surface area (Å²) in [6.07, 6.45) is 0. The molecule has 1 aromatic heterocycles. The molecule has 0 aliphatic rings. The van der Waals surface area contributed by atoms with E-state index in [1.165, 1.54) is 0 Å². The quantitative estimate of drug-likeness (QED) is 0.691. The summed E-state index contributed by atoms with van der Waals surface area (Å²) in [5.41, 5.74) is 0. The first kappa shape index (κ1) is 11.1. The zero-order valence-corrected chi connectivity index (χ0v) is 8.99. The fourth-order valence-corrected chi connectivity index (χ4v) is 1.42. The van der Waals surface area contributed by atoms with Gasteiger partial charge in [-0.25, -0.2) is 9.67 Å². The fourth-order valence-electron chi connectivity index (χ4n) is 1.42. The van der Waals surface area contributed by atoms with Gasteiger partial charge in [-0.1, -0.05) is 6.92 Å². The molecule has 5 heteroatoms. The predicted molar refractivity (Wildman–Crippen MR) is 54.0 cm³/mol. The Kier molecular flexibility index (Phi) is 4.03. The molecule has 0 amide bonds. The zero-order chi connectivity index (χ0) is 10.6. The smallest absolute Gasteiger partial charge is 0.147 e. The normalized spacial score (nSPS) is 13.1. The van der Waals surface area contributed by atoms with Crippen molar-refractivity contribution in [3.63, 3.8) is 0 Å². The van der Waals surface area contributed by atoms with Crippen LogP contribution in [0.15, 0.2) is 0 Å². The number of nitrogens with zero attached hydrogens (tertiary/aromatic N) is 3. The van der Waals surface area contributed by atoms with Crippen molar-refractivity contribution in [2.75, 3.05) is 13.2 Å². The number of nitrogens with one attached hydrogen (secondary N) is 1. The average Bonchev–Trinajstić information content (AvgIpc) is 2.44. The Hall–Kier alpha value is -0.940. The Morgan fingerprint density at radius 2 is 2.21 bits per heavy atom. The monoisotopic (exact) mass is 198 g/mol. The third kappa shape index (κ3) is 2.78. The zero-order valence-electron chi connectivity index (χ0n) is 8.99. The maximum absolute atomic E-state index is 9.09. The second-order valence-corrected chi connectivity index (χ2v) is 3.33. The van der Waals surface area contributed by atoms with Crippen molar-refractivity contribution in [1.29, 1.82) is 0 Å². The molecule has 1 heterocycles. The molecule has 0 saturated carbocycles. The molecule has 2 N–H and O–H groups in total. The highest BCUT2D eigenvalue weighted by molar-refractivity contribution is 4.88. The van der Waals surface area contributed by atoms with E-state index in [0.29, 0.717) is 6.54 Å². The van der Waals surface area contributed by atoms with Crippen LogP contribution in [0.2, 0.25) is 0 Å². The van der Waals surface area contributed by atoms with Crippen LogP contribution < -0.4 is 5.32 Å². The molecule has 0 saturated heterocycles. The Morgan fingerprint density at radius 3 is 2.64 bits per heavy atom. The van der Waals surface area contributed by atoms with Gasteiger partial charge in [-0.05, 0) is 20.4 Å². The van der Waals surface area contributed by atoms with Crippen LogP contribution in [0.4, 0.5) is 0 Å². The first-order valence-electron chi connectivity index (χ1n) is 4.89. The van der Waals surface area contributed by atoms with E-state index < -0.39 is 0 Å². The summed E-state index contributed by atoms with van der Waals surface area (Å²) in [4.78, 5) is 4.20. The van der Waals surface area contributed by atoms with E-state index in [4.69, 9.17) is 5.11 Å². The van der Waals surface area contributed by atoms with Crippen molar-refractivity contribution in [3.05, 3.63) is 11.6 Å². The van der Waals surface area contributed by atoms with Gasteiger partial charge in [-0.2, -0.15) is 5.10 Å². The Morgan fingerprint density at radius 1 is 1.50 bits per heavy atom. The lowest BCUT2D eigenvalue weighted by Crippen LogP contribution is -2.36. The highest BCUT2D eigenvalue weighted by Gasteiger charge is 2.09. The lowest BCUT2D eigenvalue weighted by molar-refractivity contribution is 0.226. The van der Waals surface area contributed by atoms with Gasteiger partial charge in [-0.15, -0.1) is 0 Å². The topological polar surface area (TPSA) is 63.0 Å². The van der Waals surface area contributed by atoms with Crippen LogP contribution in [-0.4, -0.2) is 39.1 Å². The molecule has 0 aromatic carbocycles. The molecule has 0 bridgehead atoms. The molecule has 1 rings (SSSR count). The van der Waals surface area contributed by atoms with Crippen LogP contribution in [0.3, 0.4) is 0 Å². The summed E-state index contributed by atoms with van der Waals surface area (Å²) in [5, 5.41) is 16.5. The SMILES string of the molecule is CCNC(CO)Cn1nc(C)nc1C. The molecule has 0 radical (unpaired) electrons. The van der Waals surface area contributed by atoms with Gasteiger partial charge >= 0.3 is 0 Å². The van der Waals surface area contributed by atoms with Crippen LogP contribution >= 0.6 is 0 Å². The highest BCUT2D eigenvalue weighted by Crippen LogP contribution is 1.97. The minimum Gasteiger partial charge on any atom is -0.395 e.